The van der Waals surface area contributed by atoms with Crippen LogP contribution in [0.1, 0.15) is 23.1 Å². The van der Waals surface area contributed by atoms with Gasteiger partial charge in [0.1, 0.15) is 5.75 Å². The van der Waals surface area contributed by atoms with Gasteiger partial charge in [-0.3, -0.25) is 14.5 Å². The molecule has 1 aliphatic rings. The molecule has 3 aromatic rings. The quantitative estimate of drug-likeness (QED) is 0.638. The van der Waals surface area contributed by atoms with Crippen molar-refractivity contribution in [3.8, 4) is 5.75 Å². The van der Waals surface area contributed by atoms with Crippen LogP contribution in [0.2, 0.25) is 0 Å². The largest absolute Gasteiger partial charge is 0.497 e. The summed E-state index contributed by atoms with van der Waals surface area (Å²) in [4.78, 5) is 28.0. The number of nitrogens with one attached hydrogen (secondary N) is 1. The lowest BCUT2D eigenvalue weighted by Crippen LogP contribution is -2.67. The highest BCUT2D eigenvalue weighted by Crippen LogP contribution is 2.46. The van der Waals surface area contributed by atoms with Gasteiger partial charge in [-0.1, -0.05) is 47.5 Å². The average molecular weight is 400 g/mol. The molecule has 0 saturated carbocycles. The monoisotopic (exact) mass is 400 g/mol. The molecule has 152 valence electrons. The number of methoxy groups -OCH3 is 1. The van der Waals surface area contributed by atoms with Crippen molar-refractivity contribution < 1.29 is 14.3 Å². The summed E-state index contributed by atoms with van der Waals surface area (Å²) in [5.41, 5.74) is 3.22. The van der Waals surface area contributed by atoms with Crippen LogP contribution in [0.15, 0.2) is 72.8 Å². The number of carbonyl (C=O) groups is 2. The van der Waals surface area contributed by atoms with Crippen molar-refractivity contribution in [3.63, 3.8) is 0 Å². The van der Waals surface area contributed by atoms with Gasteiger partial charge in [0.2, 0.25) is 5.91 Å². The first-order valence-electron chi connectivity index (χ1n) is 9.86. The molecule has 1 unspecified atom stereocenters. The fourth-order valence-corrected chi connectivity index (χ4v) is 3.84. The molecule has 1 N–H and O–H groups in total. The highest BCUT2D eigenvalue weighted by Gasteiger charge is 2.58. The molecule has 5 heteroatoms. The van der Waals surface area contributed by atoms with E-state index in [9.17, 15) is 9.59 Å². The lowest BCUT2D eigenvalue weighted by atomic mass is 9.76. The van der Waals surface area contributed by atoms with Crippen LogP contribution >= 0.6 is 0 Å². The molecule has 30 heavy (non-hydrogen) atoms. The third kappa shape index (κ3) is 3.32. The van der Waals surface area contributed by atoms with Crippen LogP contribution in [0.4, 0.5) is 11.4 Å². The van der Waals surface area contributed by atoms with Gasteiger partial charge in [0.05, 0.1) is 13.5 Å². The molecule has 0 aliphatic carbocycles. The minimum absolute atomic E-state index is 0.0891. The Balaban J connectivity index is 1.77. The van der Waals surface area contributed by atoms with Crippen LogP contribution in [0.3, 0.4) is 0 Å². The Bertz CT molecular complexity index is 1070. The van der Waals surface area contributed by atoms with E-state index in [0.717, 1.165) is 16.7 Å². The topological polar surface area (TPSA) is 58.6 Å². The SMILES string of the molecule is COc1ccc(C2(C(=O)Nc3ccc(C)cc3)CC(=O)N2c2ccc(C)cc2)cc1. The summed E-state index contributed by atoms with van der Waals surface area (Å²) in [7, 11) is 1.60. The molecule has 4 rings (SSSR count). The fourth-order valence-electron chi connectivity index (χ4n) is 3.84. The van der Waals surface area contributed by atoms with E-state index in [1.165, 1.54) is 0 Å². The number of hydrogen-bond acceptors (Lipinski definition) is 3. The first kappa shape index (κ1) is 19.7. The molecule has 1 fully saturated rings. The van der Waals surface area contributed by atoms with E-state index in [1.807, 2.05) is 86.6 Å². The molecule has 0 aromatic heterocycles. The summed E-state index contributed by atoms with van der Waals surface area (Å²) in [5, 5.41) is 3.01. The number of hydrogen-bond donors (Lipinski definition) is 1. The summed E-state index contributed by atoms with van der Waals surface area (Å²) >= 11 is 0. The van der Waals surface area contributed by atoms with E-state index in [1.54, 1.807) is 12.0 Å². The molecule has 3 aromatic carbocycles. The lowest BCUT2D eigenvalue weighted by molar-refractivity contribution is -0.137. The Labute approximate surface area is 176 Å². The minimum Gasteiger partial charge on any atom is -0.497 e. The van der Waals surface area contributed by atoms with Gasteiger partial charge in [0.25, 0.3) is 5.91 Å². The second-order valence-electron chi connectivity index (χ2n) is 7.65. The number of ether oxygens (including phenoxy) is 1. The van der Waals surface area contributed by atoms with E-state index >= 15 is 0 Å². The van der Waals surface area contributed by atoms with E-state index in [-0.39, 0.29) is 18.2 Å². The van der Waals surface area contributed by atoms with Gasteiger partial charge in [0, 0.05) is 11.4 Å². The van der Waals surface area contributed by atoms with Crippen molar-refractivity contribution in [2.75, 3.05) is 17.3 Å². The number of amides is 2. The van der Waals surface area contributed by atoms with E-state index in [4.69, 9.17) is 4.74 Å². The van der Waals surface area contributed by atoms with Crippen LogP contribution in [-0.4, -0.2) is 18.9 Å². The van der Waals surface area contributed by atoms with E-state index in [2.05, 4.69) is 5.32 Å². The number of nitrogens with zero attached hydrogens (tertiary/aromatic N) is 1. The number of β-lactam (4-membered cyclic amide) rings is 1. The van der Waals surface area contributed by atoms with Crippen LogP contribution < -0.4 is 15.0 Å². The Morgan fingerprint density at radius 3 is 2.00 bits per heavy atom. The van der Waals surface area contributed by atoms with Crippen LogP contribution in [0.25, 0.3) is 0 Å². The highest BCUT2D eigenvalue weighted by molar-refractivity contribution is 6.17. The maximum absolute atomic E-state index is 13.6. The molecule has 0 spiro atoms. The predicted molar refractivity (Wildman–Crippen MR) is 118 cm³/mol. The normalized spacial score (nSPS) is 18.0. The first-order chi connectivity index (χ1) is 14.4. The van der Waals surface area contributed by atoms with Gasteiger partial charge in [-0.2, -0.15) is 0 Å². The van der Waals surface area contributed by atoms with Gasteiger partial charge in [-0.15, -0.1) is 0 Å². The Morgan fingerprint density at radius 1 is 0.900 bits per heavy atom. The molecular weight excluding hydrogens is 376 g/mol. The summed E-state index contributed by atoms with van der Waals surface area (Å²) in [6.07, 6.45) is 0.102. The first-order valence-corrected chi connectivity index (χ1v) is 9.86. The molecule has 1 aliphatic heterocycles. The van der Waals surface area contributed by atoms with Gasteiger partial charge in [-0.05, 0) is 55.8 Å². The standard InChI is InChI=1S/C25H24N2O3/c1-17-4-10-20(11-5-17)26-24(29)25(19-8-14-22(30-3)15-9-19)16-23(28)27(25)21-12-6-18(2)7-13-21/h4-15H,16H2,1-3H3,(H,26,29). The van der Waals surface area contributed by atoms with Crippen LogP contribution in [0, 0.1) is 13.8 Å². The zero-order valence-corrected chi connectivity index (χ0v) is 17.3. The van der Waals surface area contributed by atoms with Crippen molar-refractivity contribution >= 4 is 23.2 Å². The zero-order chi connectivity index (χ0) is 21.3. The number of anilines is 2. The summed E-state index contributed by atoms with van der Waals surface area (Å²) < 4.78 is 5.27. The second kappa shape index (κ2) is 7.67. The number of carbonyl (C=O) groups excluding carboxylic acids is 2. The molecule has 1 saturated heterocycles. The van der Waals surface area contributed by atoms with E-state index < -0.39 is 5.54 Å². The molecule has 1 atom stereocenters. The summed E-state index contributed by atoms with van der Waals surface area (Å²) in [6.45, 7) is 3.98. The van der Waals surface area contributed by atoms with Crippen LogP contribution in [0.5, 0.6) is 5.75 Å². The molecule has 2 amide bonds. The smallest absolute Gasteiger partial charge is 0.255 e. The van der Waals surface area contributed by atoms with Crippen molar-refractivity contribution in [1.29, 1.82) is 0 Å². The molecule has 5 nitrogen and oxygen atoms in total. The third-order valence-corrected chi connectivity index (χ3v) is 5.58. The third-order valence-electron chi connectivity index (χ3n) is 5.58. The van der Waals surface area contributed by atoms with Crippen molar-refractivity contribution in [2.45, 2.75) is 25.8 Å². The maximum Gasteiger partial charge on any atom is 0.255 e. The Morgan fingerprint density at radius 2 is 1.47 bits per heavy atom. The van der Waals surface area contributed by atoms with Gasteiger partial charge < -0.3 is 10.1 Å². The van der Waals surface area contributed by atoms with E-state index in [0.29, 0.717) is 17.1 Å². The summed E-state index contributed by atoms with van der Waals surface area (Å²) in [5.74, 6) is 0.366. The minimum atomic E-state index is -1.12. The zero-order valence-electron chi connectivity index (χ0n) is 17.3. The highest BCUT2D eigenvalue weighted by atomic mass is 16.5. The number of aryl methyl sites for hydroxylation is 2. The van der Waals surface area contributed by atoms with Gasteiger partial charge in [0.15, 0.2) is 5.54 Å². The summed E-state index contributed by atoms with van der Waals surface area (Å²) in [6, 6.07) is 22.6. The second-order valence-corrected chi connectivity index (χ2v) is 7.65. The van der Waals surface area contributed by atoms with Crippen LogP contribution in [-0.2, 0) is 15.1 Å². The number of benzene rings is 3. The molecule has 1 heterocycles. The fraction of sp³-hybridized carbons (Fsp3) is 0.200. The lowest BCUT2D eigenvalue weighted by Gasteiger charge is -2.50. The number of rotatable bonds is 5. The van der Waals surface area contributed by atoms with Crippen molar-refractivity contribution in [3.05, 3.63) is 89.5 Å². The van der Waals surface area contributed by atoms with Crippen molar-refractivity contribution in [2.24, 2.45) is 0 Å². The van der Waals surface area contributed by atoms with Crippen molar-refractivity contribution in [1.82, 2.24) is 0 Å². The Hall–Kier alpha value is -3.60. The molecular formula is C25H24N2O3. The Kier molecular flexibility index (Phi) is 5.04. The maximum atomic E-state index is 13.6. The molecule has 0 radical (unpaired) electrons. The average Bonchev–Trinajstić information content (AvgIpc) is 2.75. The van der Waals surface area contributed by atoms with Gasteiger partial charge >= 0.3 is 0 Å². The van der Waals surface area contributed by atoms with Gasteiger partial charge in [-0.25, -0.2) is 0 Å². The molecule has 0 bridgehead atoms. The predicted octanol–water partition coefficient (Wildman–Crippen LogP) is 4.58.